The summed E-state index contributed by atoms with van der Waals surface area (Å²) in [6.07, 6.45) is 0.727. The maximum absolute atomic E-state index is 13.3. The van der Waals surface area contributed by atoms with E-state index in [0.29, 0.717) is 17.3 Å². The molecule has 1 aromatic carbocycles. The fourth-order valence-corrected chi connectivity index (χ4v) is 2.40. The smallest absolute Gasteiger partial charge is 0.244 e. The normalized spacial score (nSPS) is 19.9. The molecule has 1 fully saturated rings. The zero-order valence-corrected chi connectivity index (χ0v) is 11.2. The first-order valence-electron chi connectivity index (χ1n) is 6.01. The molecule has 0 radical (unpaired) electrons. The molecule has 0 bridgehead atoms. The van der Waals surface area contributed by atoms with Crippen molar-refractivity contribution < 1.29 is 9.18 Å². The van der Waals surface area contributed by atoms with Crippen LogP contribution in [-0.4, -0.2) is 24.5 Å². The maximum Gasteiger partial charge on any atom is 0.244 e. The molecule has 1 aliphatic heterocycles. The highest BCUT2D eigenvalue weighted by Gasteiger charge is 2.32. The standard InChI is InChI=1S/C13H16ClFN2O/c1-8(2)16-12-3-4-17(13(12)18)11-6-9(14)5-10(15)7-11/h5-8,12,16H,3-4H2,1-2H3. The summed E-state index contributed by atoms with van der Waals surface area (Å²) >= 11 is 5.80. The Balaban J connectivity index is 2.18. The number of carbonyl (C=O) groups is 1. The van der Waals surface area contributed by atoms with Gasteiger partial charge in [0.1, 0.15) is 5.82 Å². The Hall–Kier alpha value is -1.13. The molecule has 1 aliphatic rings. The van der Waals surface area contributed by atoms with E-state index in [4.69, 9.17) is 11.6 Å². The lowest BCUT2D eigenvalue weighted by atomic mass is 10.2. The molecule has 0 aromatic heterocycles. The molecule has 1 heterocycles. The molecule has 5 heteroatoms. The van der Waals surface area contributed by atoms with E-state index in [1.165, 1.54) is 12.1 Å². The maximum atomic E-state index is 13.3. The Morgan fingerprint density at radius 1 is 1.44 bits per heavy atom. The second-order valence-electron chi connectivity index (χ2n) is 4.78. The molecular weight excluding hydrogens is 255 g/mol. The van der Waals surface area contributed by atoms with Crippen LogP contribution in [0.4, 0.5) is 10.1 Å². The number of benzene rings is 1. The number of carbonyl (C=O) groups excluding carboxylic acids is 1. The zero-order chi connectivity index (χ0) is 13.3. The van der Waals surface area contributed by atoms with Crippen LogP contribution in [0.25, 0.3) is 0 Å². The van der Waals surface area contributed by atoms with E-state index in [1.807, 2.05) is 13.8 Å². The minimum Gasteiger partial charge on any atom is -0.311 e. The van der Waals surface area contributed by atoms with Crippen molar-refractivity contribution in [2.75, 3.05) is 11.4 Å². The van der Waals surface area contributed by atoms with Gasteiger partial charge in [-0.05, 0) is 24.6 Å². The van der Waals surface area contributed by atoms with E-state index >= 15 is 0 Å². The highest BCUT2D eigenvalue weighted by Crippen LogP contribution is 2.26. The minimum absolute atomic E-state index is 0.0228. The van der Waals surface area contributed by atoms with E-state index in [9.17, 15) is 9.18 Å². The third-order valence-electron chi connectivity index (χ3n) is 2.90. The molecule has 1 saturated heterocycles. The number of amides is 1. The van der Waals surface area contributed by atoms with Crippen molar-refractivity contribution in [1.29, 1.82) is 0 Å². The third-order valence-corrected chi connectivity index (χ3v) is 3.12. The van der Waals surface area contributed by atoms with Gasteiger partial charge in [0.05, 0.1) is 6.04 Å². The summed E-state index contributed by atoms with van der Waals surface area (Å²) in [5, 5.41) is 3.51. The zero-order valence-electron chi connectivity index (χ0n) is 10.4. The predicted octanol–water partition coefficient (Wildman–Crippen LogP) is 2.58. The minimum atomic E-state index is -0.425. The van der Waals surface area contributed by atoms with Crippen molar-refractivity contribution in [1.82, 2.24) is 5.32 Å². The van der Waals surface area contributed by atoms with Crippen molar-refractivity contribution in [3.63, 3.8) is 0 Å². The van der Waals surface area contributed by atoms with Crippen molar-refractivity contribution in [2.24, 2.45) is 0 Å². The number of rotatable bonds is 3. The van der Waals surface area contributed by atoms with Crippen LogP contribution in [-0.2, 0) is 4.79 Å². The Morgan fingerprint density at radius 2 is 2.17 bits per heavy atom. The van der Waals surface area contributed by atoms with Crippen LogP contribution in [0, 0.1) is 5.82 Å². The Kier molecular flexibility index (Phi) is 3.88. The quantitative estimate of drug-likeness (QED) is 0.916. The lowest BCUT2D eigenvalue weighted by Gasteiger charge is -2.18. The summed E-state index contributed by atoms with van der Waals surface area (Å²) in [5.41, 5.74) is 0.526. The first-order chi connectivity index (χ1) is 8.47. The fourth-order valence-electron chi connectivity index (χ4n) is 2.19. The number of hydrogen-bond acceptors (Lipinski definition) is 2. The van der Waals surface area contributed by atoms with Gasteiger partial charge in [-0.3, -0.25) is 4.79 Å². The van der Waals surface area contributed by atoms with Gasteiger partial charge in [-0.2, -0.15) is 0 Å². The lowest BCUT2D eigenvalue weighted by molar-refractivity contribution is -0.118. The van der Waals surface area contributed by atoms with Crippen molar-refractivity contribution in [3.05, 3.63) is 29.0 Å². The van der Waals surface area contributed by atoms with Gasteiger partial charge in [-0.25, -0.2) is 4.39 Å². The number of nitrogens with one attached hydrogen (secondary N) is 1. The highest BCUT2D eigenvalue weighted by atomic mass is 35.5. The topological polar surface area (TPSA) is 32.3 Å². The number of nitrogens with zero attached hydrogens (tertiary/aromatic N) is 1. The molecule has 1 amide bonds. The molecule has 1 aromatic rings. The first kappa shape index (κ1) is 13.3. The Bertz CT molecular complexity index is 444. The van der Waals surface area contributed by atoms with Crippen molar-refractivity contribution >= 4 is 23.2 Å². The molecule has 98 valence electrons. The SMILES string of the molecule is CC(C)NC1CCN(c2cc(F)cc(Cl)c2)C1=O. The van der Waals surface area contributed by atoms with Crippen molar-refractivity contribution in [3.8, 4) is 0 Å². The van der Waals surface area contributed by atoms with E-state index in [1.54, 1.807) is 11.0 Å². The van der Waals surface area contributed by atoms with E-state index < -0.39 is 5.82 Å². The average molecular weight is 271 g/mol. The van der Waals surface area contributed by atoms with Gasteiger partial charge >= 0.3 is 0 Å². The summed E-state index contributed by atoms with van der Waals surface area (Å²) in [4.78, 5) is 13.7. The molecule has 0 aliphatic carbocycles. The lowest BCUT2D eigenvalue weighted by Crippen LogP contribution is -2.41. The number of hydrogen-bond donors (Lipinski definition) is 1. The van der Waals surface area contributed by atoms with Gasteiger partial charge in [0.25, 0.3) is 0 Å². The van der Waals surface area contributed by atoms with Crippen LogP contribution < -0.4 is 10.2 Å². The molecule has 0 saturated carbocycles. The molecule has 1 atom stereocenters. The predicted molar refractivity (Wildman–Crippen MR) is 70.4 cm³/mol. The average Bonchev–Trinajstić information content (AvgIpc) is 2.58. The molecular formula is C13H16ClFN2O. The Labute approximate surface area is 111 Å². The molecule has 1 unspecified atom stereocenters. The highest BCUT2D eigenvalue weighted by molar-refractivity contribution is 6.31. The molecule has 2 rings (SSSR count). The number of anilines is 1. The molecule has 0 spiro atoms. The van der Waals surface area contributed by atoms with Crippen LogP contribution in [0.1, 0.15) is 20.3 Å². The second-order valence-corrected chi connectivity index (χ2v) is 5.22. The summed E-state index contributed by atoms with van der Waals surface area (Å²) in [6, 6.07) is 4.24. The summed E-state index contributed by atoms with van der Waals surface area (Å²) < 4.78 is 13.3. The van der Waals surface area contributed by atoms with E-state index in [2.05, 4.69) is 5.32 Å². The summed E-state index contributed by atoms with van der Waals surface area (Å²) in [6.45, 7) is 4.58. The van der Waals surface area contributed by atoms with Gasteiger partial charge in [0, 0.05) is 23.3 Å². The van der Waals surface area contributed by atoms with Crippen LogP contribution in [0.5, 0.6) is 0 Å². The van der Waals surface area contributed by atoms with Crippen LogP contribution in [0.15, 0.2) is 18.2 Å². The van der Waals surface area contributed by atoms with Crippen LogP contribution in [0.2, 0.25) is 5.02 Å². The first-order valence-corrected chi connectivity index (χ1v) is 6.38. The van der Waals surface area contributed by atoms with Crippen LogP contribution >= 0.6 is 11.6 Å². The third kappa shape index (κ3) is 2.82. The van der Waals surface area contributed by atoms with E-state index in [0.717, 1.165) is 6.42 Å². The van der Waals surface area contributed by atoms with Gasteiger partial charge < -0.3 is 10.2 Å². The monoisotopic (exact) mass is 270 g/mol. The fraction of sp³-hybridized carbons (Fsp3) is 0.462. The van der Waals surface area contributed by atoms with Gasteiger partial charge in [-0.1, -0.05) is 25.4 Å². The van der Waals surface area contributed by atoms with Crippen LogP contribution in [0.3, 0.4) is 0 Å². The second kappa shape index (κ2) is 5.24. The molecule has 18 heavy (non-hydrogen) atoms. The molecule has 1 N–H and O–H groups in total. The van der Waals surface area contributed by atoms with Crippen molar-refractivity contribution in [2.45, 2.75) is 32.4 Å². The molecule has 3 nitrogen and oxygen atoms in total. The van der Waals surface area contributed by atoms with Gasteiger partial charge in [0.2, 0.25) is 5.91 Å². The van der Waals surface area contributed by atoms with Gasteiger partial charge in [-0.15, -0.1) is 0 Å². The Morgan fingerprint density at radius 3 is 2.78 bits per heavy atom. The summed E-state index contributed by atoms with van der Waals surface area (Å²) in [5.74, 6) is -0.448. The number of halogens is 2. The largest absolute Gasteiger partial charge is 0.311 e. The summed E-state index contributed by atoms with van der Waals surface area (Å²) in [7, 11) is 0. The van der Waals surface area contributed by atoms with Gasteiger partial charge in [0.15, 0.2) is 0 Å². The van der Waals surface area contributed by atoms with E-state index in [-0.39, 0.29) is 18.0 Å².